The van der Waals surface area contributed by atoms with E-state index in [4.69, 9.17) is 26.3 Å². The van der Waals surface area contributed by atoms with Gasteiger partial charge in [0.05, 0.1) is 25.2 Å². The summed E-state index contributed by atoms with van der Waals surface area (Å²) in [4.78, 5) is 23.8. The normalized spacial score (nSPS) is 13.1. The van der Waals surface area contributed by atoms with Crippen LogP contribution in [0, 0.1) is 5.92 Å². The fourth-order valence-electron chi connectivity index (χ4n) is 2.07. The highest BCUT2D eigenvalue weighted by Gasteiger charge is 2.24. The van der Waals surface area contributed by atoms with E-state index < -0.39 is 24.5 Å². The molecule has 0 aromatic heterocycles. The largest absolute Gasteiger partial charge is 0.396 e. The zero-order valence-electron chi connectivity index (χ0n) is 13.9. The highest BCUT2D eigenvalue weighted by Crippen LogP contribution is 2.12. The van der Waals surface area contributed by atoms with Gasteiger partial charge in [0.1, 0.15) is 6.79 Å². The van der Waals surface area contributed by atoms with Crippen molar-refractivity contribution in [2.45, 2.75) is 19.4 Å². The van der Waals surface area contributed by atoms with Crippen molar-refractivity contribution >= 4 is 23.4 Å². The van der Waals surface area contributed by atoms with Gasteiger partial charge in [-0.25, -0.2) is 5.48 Å². The van der Waals surface area contributed by atoms with Gasteiger partial charge >= 0.3 is 0 Å². The summed E-state index contributed by atoms with van der Waals surface area (Å²) in [5, 5.41) is 21.3. The number of amides is 2. The third kappa shape index (κ3) is 7.80. The molecule has 1 aromatic rings. The second kappa shape index (κ2) is 11.8. The van der Waals surface area contributed by atoms with Crippen molar-refractivity contribution in [3.05, 3.63) is 34.9 Å². The molecule has 0 aliphatic heterocycles. The summed E-state index contributed by atoms with van der Waals surface area (Å²) < 4.78 is 10.4. The van der Waals surface area contributed by atoms with Crippen LogP contribution in [0.5, 0.6) is 0 Å². The lowest BCUT2D eigenvalue weighted by atomic mass is 10.00. The summed E-state index contributed by atoms with van der Waals surface area (Å²) in [6.07, 6.45) is 0.0777. The lowest BCUT2D eigenvalue weighted by molar-refractivity contribution is -0.135. The molecule has 0 saturated carbocycles. The Bertz CT molecular complexity index is 540. The van der Waals surface area contributed by atoms with Crippen LogP contribution in [-0.2, 0) is 14.3 Å². The van der Waals surface area contributed by atoms with Crippen molar-refractivity contribution < 1.29 is 29.4 Å². The van der Waals surface area contributed by atoms with Crippen molar-refractivity contribution in [3.8, 4) is 0 Å². The number of halogens is 1. The van der Waals surface area contributed by atoms with Gasteiger partial charge in [0, 0.05) is 17.2 Å². The molecule has 0 heterocycles. The predicted octanol–water partition coefficient (Wildman–Crippen LogP) is 0.953. The van der Waals surface area contributed by atoms with E-state index >= 15 is 0 Å². The number of hydrogen-bond donors (Lipinski definition) is 4. The van der Waals surface area contributed by atoms with Gasteiger partial charge in [0.2, 0.25) is 5.91 Å². The van der Waals surface area contributed by atoms with Gasteiger partial charge in [-0.05, 0) is 37.6 Å². The predicted molar refractivity (Wildman–Crippen MR) is 90.3 cm³/mol. The summed E-state index contributed by atoms with van der Waals surface area (Å²) >= 11 is 5.80. The van der Waals surface area contributed by atoms with E-state index in [9.17, 15) is 14.7 Å². The molecule has 9 heteroatoms. The molecule has 0 spiro atoms. The third-order valence-electron chi connectivity index (χ3n) is 3.40. The van der Waals surface area contributed by atoms with Crippen molar-refractivity contribution in [2.75, 3.05) is 26.6 Å². The summed E-state index contributed by atoms with van der Waals surface area (Å²) in [5.41, 5.74) is 1.89. The first-order chi connectivity index (χ1) is 12.0. The number of aliphatic hydroxyl groups excluding tert-OH is 1. The number of benzene rings is 1. The van der Waals surface area contributed by atoms with Crippen LogP contribution in [-0.4, -0.2) is 54.8 Å². The summed E-state index contributed by atoms with van der Waals surface area (Å²) in [5.74, 6) is -2.00. The number of nitrogens with one attached hydrogen (secondary N) is 2. The molecule has 140 valence electrons. The minimum atomic E-state index is -0.892. The SMILES string of the molecule is CCOCOCC(CC(CO)C(=O)NO)NC(=O)c1ccc(Cl)cc1. The number of carbonyl (C=O) groups excluding carboxylic acids is 2. The van der Waals surface area contributed by atoms with E-state index in [2.05, 4.69) is 5.32 Å². The van der Waals surface area contributed by atoms with Gasteiger partial charge in [-0.3, -0.25) is 14.8 Å². The number of hydrogen-bond acceptors (Lipinski definition) is 6. The van der Waals surface area contributed by atoms with Gasteiger partial charge < -0.3 is 19.9 Å². The maximum Gasteiger partial charge on any atom is 0.251 e. The van der Waals surface area contributed by atoms with E-state index in [-0.39, 0.29) is 25.7 Å². The Hall–Kier alpha value is -1.71. The average molecular weight is 375 g/mol. The Morgan fingerprint density at radius 2 is 1.92 bits per heavy atom. The summed E-state index contributed by atoms with van der Waals surface area (Å²) in [6, 6.07) is 5.75. The van der Waals surface area contributed by atoms with Crippen LogP contribution in [0.25, 0.3) is 0 Å². The smallest absolute Gasteiger partial charge is 0.251 e. The van der Waals surface area contributed by atoms with Gasteiger partial charge in [-0.15, -0.1) is 0 Å². The van der Waals surface area contributed by atoms with Crippen molar-refractivity contribution in [1.82, 2.24) is 10.8 Å². The first-order valence-electron chi connectivity index (χ1n) is 7.78. The monoisotopic (exact) mass is 374 g/mol. The summed E-state index contributed by atoms with van der Waals surface area (Å²) in [7, 11) is 0. The van der Waals surface area contributed by atoms with Crippen LogP contribution in [0.2, 0.25) is 5.02 Å². The second-order valence-corrected chi connectivity index (χ2v) is 5.69. The molecule has 0 aliphatic rings. The average Bonchev–Trinajstić information content (AvgIpc) is 2.62. The number of carbonyl (C=O) groups is 2. The molecule has 0 aliphatic carbocycles. The Kier molecular flexibility index (Phi) is 10.0. The molecule has 0 radical (unpaired) electrons. The van der Waals surface area contributed by atoms with E-state index in [1.165, 1.54) is 5.48 Å². The van der Waals surface area contributed by atoms with Crippen LogP contribution in [0.1, 0.15) is 23.7 Å². The van der Waals surface area contributed by atoms with E-state index in [0.29, 0.717) is 17.2 Å². The molecule has 2 unspecified atom stereocenters. The highest BCUT2D eigenvalue weighted by molar-refractivity contribution is 6.30. The first-order valence-corrected chi connectivity index (χ1v) is 8.16. The van der Waals surface area contributed by atoms with E-state index in [1.807, 2.05) is 6.92 Å². The number of ether oxygens (including phenoxy) is 2. The molecule has 1 aromatic carbocycles. The molecular formula is C16H23ClN2O6. The van der Waals surface area contributed by atoms with Gasteiger partial charge in [-0.1, -0.05) is 11.6 Å². The molecule has 25 heavy (non-hydrogen) atoms. The zero-order chi connectivity index (χ0) is 18.7. The second-order valence-electron chi connectivity index (χ2n) is 5.25. The molecular weight excluding hydrogens is 352 g/mol. The van der Waals surface area contributed by atoms with Crippen molar-refractivity contribution in [3.63, 3.8) is 0 Å². The number of aliphatic hydroxyl groups is 1. The molecule has 2 amide bonds. The van der Waals surface area contributed by atoms with Crippen LogP contribution >= 0.6 is 11.6 Å². The van der Waals surface area contributed by atoms with Crippen molar-refractivity contribution in [1.29, 1.82) is 0 Å². The lowest BCUT2D eigenvalue weighted by Gasteiger charge is -2.22. The van der Waals surface area contributed by atoms with Crippen LogP contribution in [0.15, 0.2) is 24.3 Å². The summed E-state index contributed by atoms with van der Waals surface area (Å²) in [6.45, 7) is 1.93. The van der Waals surface area contributed by atoms with Gasteiger partial charge in [0.25, 0.3) is 5.91 Å². The molecule has 8 nitrogen and oxygen atoms in total. The minimum absolute atomic E-state index is 0.0415. The molecule has 4 N–H and O–H groups in total. The highest BCUT2D eigenvalue weighted by atomic mass is 35.5. The first kappa shape index (κ1) is 21.3. The quantitative estimate of drug-likeness (QED) is 0.198. The molecule has 0 bridgehead atoms. The van der Waals surface area contributed by atoms with Crippen molar-refractivity contribution in [2.24, 2.45) is 5.92 Å². The molecule has 1 rings (SSSR count). The Morgan fingerprint density at radius 3 is 2.48 bits per heavy atom. The van der Waals surface area contributed by atoms with E-state index in [1.54, 1.807) is 24.3 Å². The Morgan fingerprint density at radius 1 is 1.24 bits per heavy atom. The Balaban J connectivity index is 2.72. The fourth-order valence-corrected chi connectivity index (χ4v) is 2.20. The molecule has 0 saturated heterocycles. The lowest BCUT2D eigenvalue weighted by Crippen LogP contribution is -2.43. The maximum atomic E-state index is 12.3. The Labute approximate surface area is 151 Å². The minimum Gasteiger partial charge on any atom is -0.396 e. The topological polar surface area (TPSA) is 117 Å². The third-order valence-corrected chi connectivity index (χ3v) is 3.65. The van der Waals surface area contributed by atoms with Gasteiger partial charge in [-0.2, -0.15) is 0 Å². The van der Waals surface area contributed by atoms with Crippen LogP contribution in [0.3, 0.4) is 0 Å². The zero-order valence-corrected chi connectivity index (χ0v) is 14.7. The van der Waals surface area contributed by atoms with Gasteiger partial charge in [0.15, 0.2) is 0 Å². The standard InChI is InChI=1S/C16H23ClN2O6/c1-2-24-10-25-9-14(7-12(8-20)16(22)19-23)18-15(21)11-3-5-13(17)6-4-11/h3-6,12,14,20,23H,2,7-10H2,1H3,(H,18,21)(H,19,22). The molecule has 2 atom stereocenters. The number of rotatable bonds is 11. The van der Waals surface area contributed by atoms with E-state index in [0.717, 1.165) is 0 Å². The number of hydroxylamine groups is 1. The fraction of sp³-hybridized carbons (Fsp3) is 0.500. The van der Waals surface area contributed by atoms with Crippen LogP contribution < -0.4 is 10.8 Å². The molecule has 0 fully saturated rings. The van der Waals surface area contributed by atoms with Crippen LogP contribution in [0.4, 0.5) is 0 Å². The maximum absolute atomic E-state index is 12.3.